The Kier molecular flexibility index (Phi) is 4.37. The molecule has 0 radical (unpaired) electrons. The van der Waals surface area contributed by atoms with Crippen molar-refractivity contribution < 1.29 is 4.39 Å². The lowest BCUT2D eigenvalue weighted by atomic mass is 10.1. The summed E-state index contributed by atoms with van der Waals surface area (Å²) in [4.78, 5) is 2.53. The first kappa shape index (κ1) is 14.0. The van der Waals surface area contributed by atoms with Crippen LogP contribution < -0.4 is 5.32 Å². The highest BCUT2D eigenvalue weighted by atomic mass is 19.1. The third-order valence-corrected chi connectivity index (χ3v) is 4.56. The number of aryl methyl sites for hydroxylation is 1. The fourth-order valence-electron chi connectivity index (χ4n) is 3.14. The molecule has 110 valence electrons. The molecule has 3 rings (SSSR count). The van der Waals surface area contributed by atoms with Crippen LogP contribution in [-0.2, 0) is 6.54 Å². The lowest BCUT2D eigenvalue weighted by Crippen LogP contribution is -2.38. The predicted molar refractivity (Wildman–Crippen MR) is 80.2 cm³/mol. The van der Waals surface area contributed by atoms with Crippen LogP contribution in [0.4, 0.5) is 4.39 Å². The molecule has 2 aliphatic rings. The van der Waals surface area contributed by atoms with Gasteiger partial charge in [-0.25, -0.2) is 4.39 Å². The van der Waals surface area contributed by atoms with E-state index in [0.29, 0.717) is 6.04 Å². The summed E-state index contributed by atoms with van der Waals surface area (Å²) in [6.45, 7) is 6.40. The highest BCUT2D eigenvalue weighted by molar-refractivity contribution is 5.26. The SMILES string of the molecule is Cc1ccc(F)cc1CN(CC1CC1)CC1CCCN1. The first-order valence-corrected chi connectivity index (χ1v) is 7.91. The minimum atomic E-state index is -0.115. The lowest BCUT2D eigenvalue weighted by Gasteiger charge is -2.26. The average molecular weight is 276 g/mol. The lowest BCUT2D eigenvalue weighted by molar-refractivity contribution is 0.231. The van der Waals surface area contributed by atoms with Crippen molar-refractivity contribution in [1.29, 1.82) is 0 Å². The van der Waals surface area contributed by atoms with Gasteiger partial charge < -0.3 is 5.32 Å². The second-order valence-electron chi connectivity index (χ2n) is 6.50. The summed E-state index contributed by atoms with van der Waals surface area (Å²) >= 11 is 0. The van der Waals surface area contributed by atoms with E-state index in [1.165, 1.54) is 37.8 Å². The predicted octanol–water partition coefficient (Wildman–Crippen LogP) is 3.10. The molecular formula is C17H25FN2. The van der Waals surface area contributed by atoms with Crippen molar-refractivity contribution >= 4 is 0 Å². The zero-order valence-electron chi connectivity index (χ0n) is 12.4. The summed E-state index contributed by atoms with van der Waals surface area (Å²) in [5, 5.41) is 3.58. The molecule has 0 amide bonds. The van der Waals surface area contributed by atoms with Gasteiger partial charge in [0.05, 0.1) is 0 Å². The topological polar surface area (TPSA) is 15.3 Å². The van der Waals surface area contributed by atoms with Crippen molar-refractivity contribution in [2.45, 2.75) is 45.2 Å². The standard InChI is InChI=1S/C17H25FN2/c1-13-4-7-16(18)9-15(13)11-20(10-14-5-6-14)12-17-3-2-8-19-17/h4,7,9,14,17,19H,2-3,5-6,8,10-12H2,1H3. The van der Waals surface area contributed by atoms with Crippen molar-refractivity contribution in [3.63, 3.8) is 0 Å². The minimum absolute atomic E-state index is 0.115. The fourth-order valence-corrected chi connectivity index (χ4v) is 3.14. The highest BCUT2D eigenvalue weighted by Crippen LogP contribution is 2.30. The van der Waals surface area contributed by atoms with Crippen LogP contribution in [0.15, 0.2) is 18.2 Å². The number of benzene rings is 1. The van der Waals surface area contributed by atoms with E-state index < -0.39 is 0 Å². The summed E-state index contributed by atoms with van der Waals surface area (Å²) in [5.74, 6) is 0.765. The molecule has 1 aromatic carbocycles. The van der Waals surface area contributed by atoms with Crippen LogP contribution in [0.3, 0.4) is 0 Å². The third-order valence-electron chi connectivity index (χ3n) is 4.56. The largest absolute Gasteiger partial charge is 0.313 e. The molecule has 0 aromatic heterocycles. The van der Waals surface area contributed by atoms with Crippen molar-refractivity contribution in [3.05, 3.63) is 35.1 Å². The van der Waals surface area contributed by atoms with Crippen LogP contribution in [0, 0.1) is 18.7 Å². The molecule has 1 N–H and O–H groups in total. The molecule has 2 nitrogen and oxygen atoms in total. The molecule has 3 heteroatoms. The van der Waals surface area contributed by atoms with E-state index in [2.05, 4.69) is 17.1 Å². The maximum atomic E-state index is 13.4. The van der Waals surface area contributed by atoms with Crippen LogP contribution in [-0.4, -0.2) is 30.6 Å². The molecule has 2 fully saturated rings. The van der Waals surface area contributed by atoms with Gasteiger partial charge in [0, 0.05) is 25.7 Å². The molecular weight excluding hydrogens is 251 g/mol. The van der Waals surface area contributed by atoms with Gasteiger partial charge in [-0.05, 0) is 68.3 Å². The number of hydrogen-bond acceptors (Lipinski definition) is 2. The Balaban J connectivity index is 1.65. The Morgan fingerprint density at radius 3 is 2.80 bits per heavy atom. The maximum Gasteiger partial charge on any atom is 0.123 e. The summed E-state index contributed by atoms with van der Waals surface area (Å²) in [5.41, 5.74) is 2.34. The third kappa shape index (κ3) is 3.80. The van der Waals surface area contributed by atoms with Crippen LogP contribution in [0.1, 0.15) is 36.8 Å². The summed E-state index contributed by atoms with van der Waals surface area (Å²) in [6, 6.07) is 5.79. The maximum absolute atomic E-state index is 13.4. The van der Waals surface area contributed by atoms with Crippen LogP contribution in [0.25, 0.3) is 0 Å². The molecule has 0 bridgehead atoms. The molecule has 0 spiro atoms. The number of rotatable bonds is 6. The molecule has 1 aliphatic carbocycles. The monoisotopic (exact) mass is 276 g/mol. The molecule has 1 saturated carbocycles. The number of hydrogen-bond donors (Lipinski definition) is 1. The van der Waals surface area contributed by atoms with Gasteiger partial charge in [-0.2, -0.15) is 0 Å². The molecule has 1 heterocycles. The Morgan fingerprint density at radius 2 is 2.10 bits per heavy atom. The highest BCUT2D eigenvalue weighted by Gasteiger charge is 2.26. The van der Waals surface area contributed by atoms with E-state index in [4.69, 9.17) is 0 Å². The fraction of sp³-hybridized carbons (Fsp3) is 0.647. The van der Waals surface area contributed by atoms with Gasteiger partial charge in [0.15, 0.2) is 0 Å². The number of nitrogens with one attached hydrogen (secondary N) is 1. The Hall–Kier alpha value is -0.930. The first-order valence-electron chi connectivity index (χ1n) is 7.91. The summed E-state index contributed by atoms with van der Waals surface area (Å²) in [7, 11) is 0. The number of halogens is 1. The van der Waals surface area contributed by atoms with Crippen LogP contribution in [0.5, 0.6) is 0 Å². The first-order chi connectivity index (χ1) is 9.70. The van der Waals surface area contributed by atoms with Crippen molar-refractivity contribution in [2.75, 3.05) is 19.6 Å². The van der Waals surface area contributed by atoms with E-state index in [1.54, 1.807) is 12.1 Å². The smallest absolute Gasteiger partial charge is 0.123 e. The summed E-state index contributed by atoms with van der Waals surface area (Å²) in [6.07, 6.45) is 5.32. The normalized spacial score (nSPS) is 22.6. The minimum Gasteiger partial charge on any atom is -0.313 e. The molecule has 20 heavy (non-hydrogen) atoms. The van der Waals surface area contributed by atoms with Gasteiger partial charge in [0.25, 0.3) is 0 Å². The van der Waals surface area contributed by atoms with E-state index in [-0.39, 0.29) is 5.82 Å². The molecule has 1 aromatic rings. The van der Waals surface area contributed by atoms with Gasteiger partial charge in [0.1, 0.15) is 5.82 Å². The number of nitrogens with zero attached hydrogens (tertiary/aromatic N) is 1. The van der Waals surface area contributed by atoms with E-state index in [1.807, 2.05) is 6.07 Å². The Labute approximate surface area is 121 Å². The van der Waals surface area contributed by atoms with Crippen molar-refractivity contribution in [3.8, 4) is 0 Å². The second kappa shape index (κ2) is 6.23. The van der Waals surface area contributed by atoms with Crippen LogP contribution in [0.2, 0.25) is 0 Å². The van der Waals surface area contributed by atoms with Gasteiger partial charge in [-0.1, -0.05) is 6.07 Å². The Morgan fingerprint density at radius 1 is 1.25 bits per heavy atom. The van der Waals surface area contributed by atoms with Crippen LogP contribution >= 0.6 is 0 Å². The zero-order valence-corrected chi connectivity index (χ0v) is 12.4. The molecule has 1 unspecified atom stereocenters. The summed E-state index contributed by atoms with van der Waals surface area (Å²) < 4.78 is 13.4. The van der Waals surface area contributed by atoms with Gasteiger partial charge in [0.2, 0.25) is 0 Å². The molecule has 1 atom stereocenters. The Bertz CT molecular complexity index is 450. The van der Waals surface area contributed by atoms with Gasteiger partial charge >= 0.3 is 0 Å². The van der Waals surface area contributed by atoms with Gasteiger partial charge in [-0.3, -0.25) is 4.90 Å². The van der Waals surface area contributed by atoms with Crippen molar-refractivity contribution in [1.82, 2.24) is 10.2 Å². The van der Waals surface area contributed by atoms with E-state index >= 15 is 0 Å². The average Bonchev–Trinajstić information content (AvgIpc) is 3.08. The van der Waals surface area contributed by atoms with Crippen molar-refractivity contribution in [2.24, 2.45) is 5.92 Å². The molecule has 1 aliphatic heterocycles. The molecule has 1 saturated heterocycles. The van der Waals surface area contributed by atoms with E-state index in [0.717, 1.165) is 31.1 Å². The van der Waals surface area contributed by atoms with E-state index in [9.17, 15) is 4.39 Å². The van der Waals surface area contributed by atoms with Gasteiger partial charge in [-0.15, -0.1) is 0 Å². The second-order valence-corrected chi connectivity index (χ2v) is 6.50. The zero-order chi connectivity index (χ0) is 13.9. The quantitative estimate of drug-likeness (QED) is 0.859.